The van der Waals surface area contributed by atoms with Crippen LogP contribution in [0.25, 0.3) is 0 Å². The minimum Gasteiger partial charge on any atom is -0.352 e. The summed E-state index contributed by atoms with van der Waals surface area (Å²) in [6.07, 6.45) is -2.69. The minimum atomic E-state index is -4.59. The molecule has 0 bridgehead atoms. The number of carbonyl (C=O) groups excluding carboxylic acids is 1. The maximum atomic E-state index is 13.5. The quantitative estimate of drug-likeness (QED) is 0.860. The monoisotopic (exact) mass is 321 g/mol. The van der Waals surface area contributed by atoms with E-state index in [1.165, 1.54) is 0 Å². The average molecular weight is 321 g/mol. The number of nitrogens with one attached hydrogen (secondary N) is 1. The molecule has 0 radical (unpaired) electrons. The van der Waals surface area contributed by atoms with Crippen molar-refractivity contribution in [3.05, 3.63) is 35.1 Å². The van der Waals surface area contributed by atoms with Crippen molar-refractivity contribution in [2.45, 2.75) is 19.0 Å². The Morgan fingerprint density at radius 1 is 1.29 bits per heavy atom. The van der Waals surface area contributed by atoms with Gasteiger partial charge in [-0.3, -0.25) is 4.79 Å². The molecule has 1 saturated heterocycles. The first-order valence-corrected chi connectivity index (χ1v) is 7.76. The zero-order chi connectivity index (χ0) is 15.5. The van der Waals surface area contributed by atoms with E-state index < -0.39 is 29.0 Å². The predicted octanol–water partition coefficient (Wildman–Crippen LogP) is 3.72. The van der Waals surface area contributed by atoms with Gasteiger partial charge in [-0.15, -0.1) is 0 Å². The third-order valence-corrected chi connectivity index (χ3v) is 4.48. The second kappa shape index (κ2) is 6.68. The fraction of sp³-hybridized carbons (Fsp3) is 0.500. The Labute approximate surface area is 124 Å². The van der Waals surface area contributed by atoms with Gasteiger partial charge in [-0.2, -0.15) is 24.9 Å². The lowest BCUT2D eigenvalue weighted by Gasteiger charge is -2.21. The first kappa shape index (κ1) is 16.1. The first-order chi connectivity index (χ1) is 9.88. The molecule has 1 aromatic rings. The number of benzene rings is 1. The second-order valence-corrected chi connectivity index (χ2v) is 6.18. The molecule has 7 heteroatoms. The summed E-state index contributed by atoms with van der Waals surface area (Å²) in [6, 6.07) is 1.86. The summed E-state index contributed by atoms with van der Waals surface area (Å²) in [5, 5.41) is 2.53. The molecule has 116 valence electrons. The van der Waals surface area contributed by atoms with Crippen LogP contribution in [0.15, 0.2) is 18.2 Å². The number of rotatable bonds is 3. The largest absolute Gasteiger partial charge is 0.416 e. The molecular weight excluding hydrogens is 306 g/mol. The molecule has 1 aliphatic rings. The second-order valence-electron chi connectivity index (χ2n) is 4.96. The molecule has 1 amide bonds. The van der Waals surface area contributed by atoms with Crippen molar-refractivity contribution >= 4 is 17.7 Å². The van der Waals surface area contributed by atoms with Gasteiger partial charge in [0.25, 0.3) is 5.91 Å². The zero-order valence-electron chi connectivity index (χ0n) is 11.2. The van der Waals surface area contributed by atoms with Crippen LogP contribution < -0.4 is 5.32 Å². The predicted molar refractivity (Wildman–Crippen MR) is 73.8 cm³/mol. The highest BCUT2D eigenvalue weighted by Crippen LogP contribution is 2.30. The number of amides is 1. The maximum absolute atomic E-state index is 13.5. The summed E-state index contributed by atoms with van der Waals surface area (Å²) >= 11 is 1.84. The molecule has 1 N–H and O–H groups in total. The van der Waals surface area contributed by atoms with Crippen molar-refractivity contribution in [3.8, 4) is 0 Å². The van der Waals surface area contributed by atoms with Gasteiger partial charge in [-0.05, 0) is 48.5 Å². The highest BCUT2D eigenvalue weighted by molar-refractivity contribution is 7.99. The van der Waals surface area contributed by atoms with E-state index in [1.807, 2.05) is 11.8 Å². The summed E-state index contributed by atoms with van der Waals surface area (Å²) in [4.78, 5) is 11.9. The Morgan fingerprint density at radius 2 is 1.95 bits per heavy atom. The molecule has 1 heterocycles. The summed E-state index contributed by atoms with van der Waals surface area (Å²) in [5.41, 5.74) is -1.59. The van der Waals surface area contributed by atoms with E-state index in [2.05, 4.69) is 5.32 Å². The fourth-order valence-electron chi connectivity index (χ4n) is 2.16. The Balaban J connectivity index is 2.04. The lowest BCUT2D eigenvalue weighted by Crippen LogP contribution is -2.31. The number of hydrogen-bond donors (Lipinski definition) is 1. The van der Waals surface area contributed by atoms with Crippen LogP contribution in [0.4, 0.5) is 17.6 Å². The molecule has 2 nitrogen and oxygen atoms in total. The molecule has 21 heavy (non-hydrogen) atoms. The van der Waals surface area contributed by atoms with E-state index in [0.717, 1.165) is 24.3 Å². The van der Waals surface area contributed by atoms with Crippen molar-refractivity contribution < 1.29 is 22.4 Å². The third kappa shape index (κ3) is 4.36. The minimum absolute atomic E-state index is 0.309. The van der Waals surface area contributed by atoms with Gasteiger partial charge in [-0.25, -0.2) is 4.39 Å². The molecule has 0 aromatic heterocycles. The number of thioether (sulfide) groups is 1. The summed E-state index contributed by atoms with van der Waals surface area (Å²) < 4.78 is 51.3. The van der Waals surface area contributed by atoms with Crippen molar-refractivity contribution in [3.63, 3.8) is 0 Å². The van der Waals surface area contributed by atoms with Gasteiger partial charge in [0.05, 0.1) is 11.1 Å². The van der Waals surface area contributed by atoms with Crippen LogP contribution in [0.3, 0.4) is 0 Å². The van der Waals surface area contributed by atoms with Crippen molar-refractivity contribution in [1.82, 2.24) is 5.32 Å². The molecule has 0 spiro atoms. The van der Waals surface area contributed by atoms with Crippen molar-refractivity contribution in [2.24, 2.45) is 5.92 Å². The summed E-state index contributed by atoms with van der Waals surface area (Å²) in [6.45, 7) is 0.370. The van der Waals surface area contributed by atoms with Crippen LogP contribution in [0, 0.1) is 11.7 Å². The topological polar surface area (TPSA) is 29.1 Å². The van der Waals surface area contributed by atoms with Crippen molar-refractivity contribution in [2.75, 3.05) is 18.1 Å². The fourth-order valence-corrected chi connectivity index (χ4v) is 3.36. The van der Waals surface area contributed by atoms with Crippen LogP contribution >= 0.6 is 11.8 Å². The van der Waals surface area contributed by atoms with Gasteiger partial charge in [-0.1, -0.05) is 0 Å². The Bertz CT molecular complexity index is 512. The molecule has 0 aliphatic carbocycles. The van der Waals surface area contributed by atoms with Crippen LogP contribution in [0.1, 0.15) is 28.8 Å². The number of alkyl halides is 3. The molecule has 1 aromatic carbocycles. The first-order valence-electron chi connectivity index (χ1n) is 6.60. The molecule has 2 rings (SSSR count). The Kier molecular flexibility index (Phi) is 5.13. The van der Waals surface area contributed by atoms with Crippen molar-refractivity contribution in [1.29, 1.82) is 0 Å². The van der Waals surface area contributed by atoms with Crippen LogP contribution in [-0.2, 0) is 6.18 Å². The molecule has 0 unspecified atom stereocenters. The van der Waals surface area contributed by atoms with Gasteiger partial charge in [0, 0.05) is 6.54 Å². The molecule has 1 aliphatic heterocycles. The molecule has 1 fully saturated rings. The number of hydrogen-bond acceptors (Lipinski definition) is 2. The lowest BCUT2D eigenvalue weighted by atomic mass is 10.0. The van der Waals surface area contributed by atoms with E-state index >= 15 is 0 Å². The highest BCUT2D eigenvalue weighted by atomic mass is 32.2. The number of halogens is 4. The van der Waals surface area contributed by atoms with Gasteiger partial charge < -0.3 is 5.32 Å². The molecular formula is C14H15F4NOS. The van der Waals surface area contributed by atoms with E-state index in [9.17, 15) is 22.4 Å². The van der Waals surface area contributed by atoms with E-state index in [0.29, 0.717) is 30.7 Å². The SMILES string of the molecule is O=C(NCC1CCSCC1)c1cc(C(F)(F)F)ccc1F. The Morgan fingerprint density at radius 3 is 2.57 bits per heavy atom. The highest BCUT2D eigenvalue weighted by Gasteiger charge is 2.32. The third-order valence-electron chi connectivity index (χ3n) is 3.43. The normalized spacial score (nSPS) is 16.8. The standard InChI is InChI=1S/C14H15F4NOS/c15-12-2-1-10(14(16,17)18)7-11(12)13(20)19-8-9-3-5-21-6-4-9/h1-2,7,9H,3-6,8H2,(H,19,20). The van der Waals surface area contributed by atoms with E-state index in [-0.39, 0.29) is 0 Å². The van der Waals surface area contributed by atoms with E-state index in [4.69, 9.17) is 0 Å². The van der Waals surface area contributed by atoms with Gasteiger partial charge in [0.15, 0.2) is 0 Å². The molecule has 0 atom stereocenters. The maximum Gasteiger partial charge on any atom is 0.416 e. The van der Waals surface area contributed by atoms with Gasteiger partial charge in [0.1, 0.15) is 5.82 Å². The van der Waals surface area contributed by atoms with Crippen LogP contribution in [0.2, 0.25) is 0 Å². The van der Waals surface area contributed by atoms with E-state index in [1.54, 1.807) is 0 Å². The lowest BCUT2D eigenvalue weighted by molar-refractivity contribution is -0.137. The summed E-state index contributed by atoms with van der Waals surface area (Å²) in [5.74, 6) is 0.595. The Hall–Kier alpha value is -1.24. The van der Waals surface area contributed by atoms with Gasteiger partial charge in [0.2, 0.25) is 0 Å². The van der Waals surface area contributed by atoms with Crippen LogP contribution in [0.5, 0.6) is 0 Å². The summed E-state index contributed by atoms with van der Waals surface area (Å²) in [7, 11) is 0. The zero-order valence-corrected chi connectivity index (χ0v) is 12.0. The van der Waals surface area contributed by atoms with Gasteiger partial charge >= 0.3 is 6.18 Å². The van der Waals surface area contributed by atoms with Crippen LogP contribution in [-0.4, -0.2) is 24.0 Å². The number of carbonyl (C=O) groups is 1. The smallest absolute Gasteiger partial charge is 0.352 e. The molecule has 0 saturated carbocycles. The average Bonchev–Trinajstić information content (AvgIpc) is 2.45.